The van der Waals surface area contributed by atoms with Gasteiger partial charge in [0.1, 0.15) is 5.82 Å². The number of nitrogens with zero attached hydrogens (tertiary/aromatic N) is 2. The first-order valence-corrected chi connectivity index (χ1v) is 8.59. The Kier molecular flexibility index (Phi) is 4.25. The number of nitrogens with one attached hydrogen (secondary N) is 2. The van der Waals surface area contributed by atoms with E-state index in [0.29, 0.717) is 16.4 Å². The number of aromatic amines is 2. The van der Waals surface area contributed by atoms with Crippen molar-refractivity contribution in [3.63, 3.8) is 0 Å². The first kappa shape index (κ1) is 17.1. The van der Waals surface area contributed by atoms with Crippen LogP contribution < -0.4 is 5.76 Å². The molecule has 0 saturated heterocycles. The minimum absolute atomic E-state index is 0.212. The molecule has 2 aromatic carbocycles. The van der Waals surface area contributed by atoms with E-state index in [-0.39, 0.29) is 5.89 Å². The lowest BCUT2D eigenvalue weighted by Crippen LogP contribution is -1.93. The smallest absolute Gasteiger partial charge is 0.388 e. The number of halogens is 1. The maximum Gasteiger partial charge on any atom is 0.434 e. The minimum atomic E-state index is -0.608. The van der Waals surface area contributed by atoms with Gasteiger partial charge in [-0.25, -0.2) is 14.9 Å². The van der Waals surface area contributed by atoms with Gasteiger partial charge in [0.15, 0.2) is 0 Å². The lowest BCUT2D eigenvalue weighted by Gasteiger charge is -2.11. The Morgan fingerprint density at radius 3 is 2.56 bits per heavy atom. The van der Waals surface area contributed by atoms with E-state index in [4.69, 9.17) is 16.0 Å². The molecule has 0 radical (unpaired) electrons. The number of aromatic nitrogens is 4. The number of hydrogen-bond donors (Lipinski definition) is 2. The summed E-state index contributed by atoms with van der Waals surface area (Å²) in [6.07, 6.45) is 1.71. The maximum atomic E-state index is 11.4. The zero-order chi connectivity index (χ0) is 19.0. The van der Waals surface area contributed by atoms with Crippen LogP contribution in [0.2, 0.25) is 5.02 Å². The van der Waals surface area contributed by atoms with Crippen LogP contribution in [0.15, 0.2) is 58.3 Å². The first-order chi connectivity index (χ1) is 13.1. The van der Waals surface area contributed by atoms with Crippen LogP contribution in [-0.4, -0.2) is 20.2 Å². The summed E-state index contributed by atoms with van der Waals surface area (Å²) in [4.78, 5) is 19.3. The Bertz CT molecular complexity index is 1200. The van der Waals surface area contributed by atoms with E-state index in [0.717, 1.165) is 28.1 Å². The third-order valence-corrected chi connectivity index (χ3v) is 4.47. The molecule has 0 aliphatic rings. The zero-order valence-corrected chi connectivity index (χ0v) is 15.2. The molecule has 4 rings (SSSR count). The summed E-state index contributed by atoms with van der Waals surface area (Å²) in [5, 5.41) is 6.83. The van der Waals surface area contributed by atoms with Gasteiger partial charge in [0, 0.05) is 21.8 Å². The van der Waals surface area contributed by atoms with Crippen molar-refractivity contribution >= 4 is 17.7 Å². The fourth-order valence-corrected chi connectivity index (χ4v) is 3.17. The largest absolute Gasteiger partial charge is 0.434 e. The highest BCUT2D eigenvalue weighted by atomic mass is 35.5. The van der Waals surface area contributed by atoms with Gasteiger partial charge in [0.25, 0.3) is 0 Å². The summed E-state index contributed by atoms with van der Waals surface area (Å²) >= 11 is 6.28. The summed E-state index contributed by atoms with van der Waals surface area (Å²) in [7, 11) is 0. The Morgan fingerprint density at radius 1 is 1.11 bits per heavy atom. The van der Waals surface area contributed by atoms with Crippen molar-refractivity contribution in [1.82, 2.24) is 20.2 Å². The second-order valence-corrected chi connectivity index (χ2v) is 6.39. The molecule has 0 spiro atoms. The molecule has 27 heavy (non-hydrogen) atoms. The predicted octanol–water partition coefficient (Wildman–Crippen LogP) is 4.69. The van der Waals surface area contributed by atoms with Gasteiger partial charge < -0.3 is 9.40 Å². The van der Waals surface area contributed by atoms with Crippen molar-refractivity contribution in [3.8, 4) is 34.0 Å². The van der Waals surface area contributed by atoms with Gasteiger partial charge >= 0.3 is 5.76 Å². The van der Waals surface area contributed by atoms with E-state index in [2.05, 4.69) is 26.7 Å². The number of rotatable bonds is 4. The second-order valence-electron chi connectivity index (χ2n) is 5.95. The monoisotopic (exact) mass is 378 g/mol. The van der Waals surface area contributed by atoms with Gasteiger partial charge in [-0.1, -0.05) is 36.4 Å². The van der Waals surface area contributed by atoms with Crippen molar-refractivity contribution in [2.45, 2.75) is 6.92 Å². The molecular weight excluding hydrogens is 364 g/mol. The van der Waals surface area contributed by atoms with Gasteiger partial charge in [-0.15, -0.1) is 5.10 Å². The fourth-order valence-electron chi connectivity index (χ4n) is 3.00. The molecule has 4 aromatic rings. The maximum absolute atomic E-state index is 11.4. The predicted molar refractivity (Wildman–Crippen MR) is 105 cm³/mol. The van der Waals surface area contributed by atoms with Gasteiger partial charge in [-0.3, -0.25) is 0 Å². The lowest BCUT2D eigenvalue weighted by atomic mass is 9.95. The molecule has 0 atom stereocenters. The van der Waals surface area contributed by atoms with E-state index in [1.807, 2.05) is 49.4 Å². The number of aryl methyl sites for hydroxylation is 1. The molecular formula is C20H15ClN4O2. The first-order valence-electron chi connectivity index (χ1n) is 8.21. The molecule has 2 heterocycles. The lowest BCUT2D eigenvalue weighted by molar-refractivity contribution is 0.527. The van der Waals surface area contributed by atoms with Gasteiger partial charge in [0.2, 0.25) is 5.89 Å². The van der Waals surface area contributed by atoms with Crippen LogP contribution in [0.3, 0.4) is 0 Å². The molecule has 0 amide bonds. The molecule has 0 aliphatic carbocycles. The van der Waals surface area contributed by atoms with Crippen molar-refractivity contribution in [2.75, 3.05) is 0 Å². The Balaban J connectivity index is 1.96. The highest BCUT2D eigenvalue weighted by Gasteiger charge is 2.18. The minimum Gasteiger partial charge on any atom is -0.388 e. The molecule has 0 saturated carbocycles. The molecule has 2 aromatic heterocycles. The number of H-pyrrole nitrogens is 2. The molecule has 0 bridgehead atoms. The third kappa shape index (κ3) is 3.11. The van der Waals surface area contributed by atoms with Crippen LogP contribution >= 0.6 is 11.6 Å². The van der Waals surface area contributed by atoms with E-state index >= 15 is 0 Å². The van der Waals surface area contributed by atoms with Crippen molar-refractivity contribution in [1.29, 1.82) is 0 Å². The van der Waals surface area contributed by atoms with Crippen molar-refractivity contribution in [3.05, 3.63) is 76.0 Å². The van der Waals surface area contributed by atoms with E-state index in [1.54, 1.807) is 6.08 Å². The highest BCUT2D eigenvalue weighted by Crippen LogP contribution is 2.38. The molecule has 2 N–H and O–H groups in total. The molecule has 0 unspecified atom stereocenters. The Hall–Kier alpha value is -3.38. The van der Waals surface area contributed by atoms with Gasteiger partial charge in [-0.05, 0) is 48.4 Å². The summed E-state index contributed by atoms with van der Waals surface area (Å²) in [6, 6.07) is 13.1. The topological polar surface area (TPSA) is 87.6 Å². The standard InChI is InChI=1S/C20H15ClN4O2/c1-3-17-11(2)22-18(23-17)14-9-8-12(21)10-16(14)13-6-4-5-7-15(13)19-24-25-20(26)27-19/h3-10H,1H2,2H3,(H,22,23)(H,25,26). The van der Waals surface area contributed by atoms with Crippen molar-refractivity contribution in [2.24, 2.45) is 0 Å². The summed E-state index contributed by atoms with van der Waals surface area (Å²) in [5.74, 6) is 0.305. The summed E-state index contributed by atoms with van der Waals surface area (Å²) < 4.78 is 5.16. The zero-order valence-electron chi connectivity index (χ0n) is 14.4. The molecule has 134 valence electrons. The second kappa shape index (κ2) is 6.74. The highest BCUT2D eigenvalue weighted by molar-refractivity contribution is 6.31. The van der Waals surface area contributed by atoms with Crippen molar-refractivity contribution < 1.29 is 4.42 Å². The average Bonchev–Trinajstić information content (AvgIpc) is 3.27. The van der Waals surface area contributed by atoms with Gasteiger partial charge in [0.05, 0.1) is 5.69 Å². The van der Waals surface area contributed by atoms with E-state index in [9.17, 15) is 4.79 Å². The fraction of sp³-hybridized carbons (Fsp3) is 0.0500. The van der Waals surface area contributed by atoms with E-state index < -0.39 is 5.76 Å². The number of imidazole rings is 1. The van der Waals surface area contributed by atoms with Crippen LogP contribution in [0.4, 0.5) is 0 Å². The number of benzene rings is 2. The normalized spacial score (nSPS) is 10.9. The molecule has 0 fully saturated rings. The summed E-state index contributed by atoms with van der Waals surface area (Å²) in [6.45, 7) is 5.73. The van der Waals surface area contributed by atoms with Crippen LogP contribution in [0.25, 0.3) is 40.0 Å². The van der Waals surface area contributed by atoms with Gasteiger partial charge in [-0.2, -0.15) is 0 Å². The van der Waals surface area contributed by atoms with E-state index in [1.165, 1.54) is 0 Å². The SMILES string of the molecule is C=Cc1nc(-c2ccc(Cl)cc2-c2ccccc2-c2n[nH]c(=O)o2)[nH]c1C. The average molecular weight is 379 g/mol. The summed E-state index contributed by atoms with van der Waals surface area (Å²) in [5.41, 5.74) is 4.91. The number of hydrogen-bond acceptors (Lipinski definition) is 4. The quantitative estimate of drug-likeness (QED) is 0.539. The van der Waals surface area contributed by atoms with Crippen LogP contribution in [0, 0.1) is 6.92 Å². The molecule has 6 nitrogen and oxygen atoms in total. The molecule has 0 aliphatic heterocycles. The van der Waals surface area contributed by atoms with Crippen LogP contribution in [0.1, 0.15) is 11.4 Å². The Morgan fingerprint density at radius 2 is 1.89 bits per heavy atom. The Labute approximate surface area is 159 Å². The third-order valence-electron chi connectivity index (χ3n) is 4.24. The van der Waals surface area contributed by atoms with Crippen LogP contribution in [0.5, 0.6) is 0 Å². The van der Waals surface area contributed by atoms with Crippen LogP contribution in [-0.2, 0) is 0 Å². The molecule has 7 heteroatoms.